The van der Waals surface area contributed by atoms with Crippen LogP contribution in [0.2, 0.25) is 0 Å². The van der Waals surface area contributed by atoms with E-state index in [1.165, 1.54) is 19.3 Å². The highest BCUT2D eigenvalue weighted by atomic mass is 16.2. The SMILES string of the molecule is O=C(CC1CCCCC1)Nc1ccc(NC(=O)Nc2ccccc2)cc1. The number of rotatable bonds is 5. The first-order chi connectivity index (χ1) is 12.7. The molecular formula is C21H25N3O2. The lowest BCUT2D eigenvalue weighted by atomic mass is 9.87. The van der Waals surface area contributed by atoms with Crippen molar-refractivity contribution in [2.24, 2.45) is 5.92 Å². The smallest absolute Gasteiger partial charge is 0.323 e. The summed E-state index contributed by atoms with van der Waals surface area (Å²) in [5.74, 6) is 0.589. The predicted molar refractivity (Wildman–Crippen MR) is 105 cm³/mol. The summed E-state index contributed by atoms with van der Waals surface area (Å²) in [5, 5.41) is 8.48. The number of hydrogen-bond acceptors (Lipinski definition) is 2. The monoisotopic (exact) mass is 351 g/mol. The Labute approximate surface area is 154 Å². The molecule has 3 amide bonds. The summed E-state index contributed by atoms with van der Waals surface area (Å²) in [6, 6.07) is 16.1. The fourth-order valence-corrected chi connectivity index (χ4v) is 3.32. The number of amides is 3. The van der Waals surface area contributed by atoms with Gasteiger partial charge in [0.25, 0.3) is 0 Å². The fraction of sp³-hybridized carbons (Fsp3) is 0.333. The molecule has 136 valence electrons. The van der Waals surface area contributed by atoms with Gasteiger partial charge in [-0.15, -0.1) is 0 Å². The first kappa shape index (κ1) is 18.0. The van der Waals surface area contributed by atoms with Gasteiger partial charge >= 0.3 is 6.03 Å². The summed E-state index contributed by atoms with van der Waals surface area (Å²) in [7, 11) is 0. The molecule has 0 heterocycles. The first-order valence-corrected chi connectivity index (χ1v) is 9.22. The van der Waals surface area contributed by atoms with Crippen molar-refractivity contribution in [1.29, 1.82) is 0 Å². The van der Waals surface area contributed by atoms with Crippen LogP contribution in [0.4, 0.5) is 21.9 Å². The van der Waals surface area contributed by atoms with Crippen LogP contribution in [0.3, 0.4) is 0 Å². The van der Waals surface area contributed by atoms with Crippen LogP contribution in [0.5, 0.6) is 0 Å². The van der Waals surface area contributed by atoms with Gasteiger partial charge in [-0.25, -0.2) is 4.79 Å². The van der Waals surface area contributed by atoms with Gasteiger partial charge in [-0.05, 0) is 55.2 Å². The number of carbonyl (C=O) groups excluding carboxylic acids is 2. The Morgan fingerprint density at radius 3 is 1.88 bits per heavy atom. The summed E-state index contributed by atoms with van der Waals surface area (Å²) in [4.78, 5) is 24.1. The van der Waals surface area contributed by atoms with E-state index in [4.69, 9.17) is 0 Å². The molecule has 0 aromatic heterocycles. The minimum absolute atomic E-state index is 0.0689. The third-order valence-corrected chi connectivity index (χ3v) is 4.66. The van der Waals surface area contributed by atoms with Crippen molar-refractivity contribution in [2.75, 3.05) is 16.0 Å². The molecule has 3 rings (SSSR count). The van der Waals surface area contributed by atoms with Crippen molar-refractivity contribution in [3.05, 3.63) is 54.6 Å². The van der Waals surface area contributed by atoms with Gasteiger partial charge in [0, 0.05) is 23.5 Å². The second kappa shape index (κ2) is 9.04. The lowest BCUT2D eigenvalue weighted by Gasteiger charge is -2.20. The van der Waals surface area contributed by atoms with Crippen molar-refractivity contribution in [3.8, 4) is 0 Å². The van der Waals surface area contributed by atoms with Gasteiger partial charge in [0.15, 0.2) is 0 Å². The zero-order chi connectivity index (χ0) is 18.2. The van der Waals surface area contributed by atoms with Crippen molar-refractivity contribution >= 4 is 29.0 Å². The standard InChI is InChI=1S/C21H25N3O2/c25-20(15-16-7-3-1-4-8-16)22-18-11-13-19(14-12-18)24-21(26)23-17-9-5-2-6-10-17/h2,5-6,9-14,16H,1,3-4,7-8,15H2,(H,22,25)(H2,23,24,26). The maximum absolute atomic E-state index is 12.2. The minimum atomic E-state index is -0.301. The van der Waals surface area contributed by atoms with Gasteiger partial charge in [-0.1, -0.05) is 37.5 Å². The van der Waals surface area contributed by atoms with Crippen molar-refractivity contribution in [3.63, 3.8) is 0 Å². The summed E-state index contributed by atoms with van der Waals surface area (Å²) >= 11 is 0. The van der Waals surface area contributed by atoms with E-state index in [2.05, 4.69) is 16.0 Å². The highest BCUT2D eigenvalue weighted by Crippen LogP contribution is 2.26. The summed E-state index contributed by atoms with van der Waals surface area (Å²) in [6.45, 7) is 0. The third kappa shape index (κ3) is 5.62. The van der Waals surface area contributed by atoms with Crippen LogP contribution < -0.4 is 16.0 Å². The Hall–Kier alpha value is -2.82. The van der Waals surface area contributed by atoms with Crippen LogP contribution in [-0.4, -0.2) is 11.9 Å². The molecule has 0 aliphatic heterocycles. The van der Waals surface area contributed by atoms with E-state index in [0.29, 0.717) is 18.0 Å². The number of benzene rings is 2. The van der Waals surface area contributed by atoms with Crippen LogP contribution in [0.1, 0.15) is 38.5 Å². The molecule has 0 bridgehead atoms. The van der Waals surface area contributed by atoms with E-state index < -0.39 is 0 Å². The lowest BCUT2D eigenvalue weighted by molar-refractivity contribution is -0.117. The van der Waals surface area contributed by atoms with E-state index in [9.17, 15) is 9.59 Å². The molecule has 0 radical (unpaired) electrons. The van der Waals surface area contributed by atoms with E-state index in [0.717, 1.165) is 24.2 Å². The summed E-state index contributed by atoms with van der Waals surface area (Å²) in [5.41, 5.74) is 2.15. The molecule has 2 aromatic carbocycles. The maximum Gasteiger partial charge on any atom is 0.323 e. The Balaban J connectivity index is 1.46. The molecule has 0 saturated heterocycles. The van der Waals surface area contributed by atoms with Crippen LogP contribution in [-0.2, 0) is 4.79 Å². The Bertz CT molecular complexity index is 723. The van der Waals surface area contributed by atoms with E-state index in [1.807, 2.05) is 30.3 Å². The average Bonchev–Trinajstić information content (AvgIpc) is 2.65. The first-order valence-electron chi connectivity index (χ1n) is 9.22. The third-order valence-electron chi connectivity index (χ3n) is 4.66. The van der Waals surface area contributed by atoms with Crippen LogP contribution in [0.25, 0.3) is 0 Å². The predicted octanol–water partition coefficient (Wildman–Crippen LogP) is 5.24. The number of para-hydroxylation sites is 1. The quantitative estimate of drug-likeness (QED) is 0.689. The molecule has 26 heavy (non-hydrogen) atoms. The van der Waals surface area contributed by atoms with E-state index in [1.54, 1.807) is 24.3 Å². The Morgan fingerprint density at radius 1 is 0.731 bits per heavy atom. The topological polar surface area (TPSA) is 70.2 Å². The van der Waals surface area contributed by atoms with Gasteiger partial charge in [-0.3, -0.25) is 4.79 Å². The fourth-order valence-electron chi connectivity index (χ4n) is 3.32. The van der Waals surface area contributed by atoms with Gasteiger partial charge < -0.3 is 16.0 Å². The maximum atomic E-state index is 12.2. The number of nitrogens with one attached hydrogen (secondary N) is 3. The minimum Gasteiger partial charge on any atom is -0.326 e. The molecule has 1 aliphatic carbocycles. The van der Waals surface area contributed by atoms with Gasteiger partial charge in [-0.2, -0.15) is 0 Å². The van der Waals surface area contributed by atoms with E-state index in [-0.39, 0.29) is 11.9 Å². The molecule has 5 heteroatoms. The van der Waals surface area contributed by atoms with Crippen LogP contribution >= 0.6 is 0 Å². The van der Waals surface area contributed by atoms with Crippen LogP contribution in [0.15, 0.2) is 54.6 Å². The molecule has 1 fully saturated rings. The Morgan fingerprint density at radius 2 is 1.27 bits per heavy atom. The number of carbonyl (C=O) groups is 2. The highest BCUT2D eigenvalue weighted by molar-refractivity contribution is 6.00. The Kier molecular flexibility index (Phi) is 6.25. The van der Waals surface area contributed by atoms with Gasteiger partial charge in [0.2, 0.25) is 5.91 Å². The van der Waals surface area contributed by atoms with Gasteiger partial charge in [0.1, 0.15) is 0 Å². The molecule has 0 unspecified atom stereocenters. The molecular weight excluding hydrogens is 326 g/mol. The summed E-state index contributed by atoms with van der Waals surface area (Å²) < 4.78 is 0. The molecule has 1 aliphatic rings. The van der Waals surface area contributed by atoms with Gasteiger partial charge in [0.05, 0.1) is 0 Å². The molecule has 0 atom stereocenters. The average molecular weight is 351 g/mol. The number of urea groups is 1. The van der Waals surface area contributed by atoms with Crippen molar-refractivity contribution in [2.45, 2.75) is 38.5 Å². The highest BCUT2D eigenvalue weighted by Gasteiger charge is 2.17. The zero-order valence-electron chi connectivity index (χ0n) is 14.8. The molecule has 2 aromatic rings. The largest absolute Gasteiger partial charge is 0.326 e. The second-order valence-electron chi connectivity index (χ2n) is 6.78. The molecule has 0 spiro atoms. The van der Waals surface area contributed by atoms with Crippen molar-refractivity contribution in [1.82, 2.24) is 0 Å². The number of anilines is 3. The molecule has 5 nitrogen and oxygen atoms in total. The van der Waals surface area contributed by atoms with E-state index >= 15 is 0 Å². The zero-order valence-corrected chi connectivity index (χ0v) is 14.8. The lowest BCUT2D eigenvalue weighted by Crippen LogP contribution is -2.19. The molecule has 1 saturated carbocycles. The summed E-state index contributed by atoms with van der Waals surface area (Å²) in [6.07, 6.45) is 6.69. The number of hydrogen-bond donors (Lipinski definition) is 3. The normalized spacial score (nSPS) is 14.5. The van der Waals surface area contributed by atoms with Crippen LogP contribution in [0, 0.1) is 5.92 Å². The van der Waals surface area contributed by atoms with Crippen molar-refractivity contribution < 1.29 is 9.59 Å². The molecule has 3 N–H and O–H groups in total. The second-order valence-corrected chi connectivity index (χ2v) is 6.78.